The first-order valence-corrected chi connectivity index (χ1v) is 15.3. The zero-order valence-electron chi connectivity index (χ0n) is 22.7. The number of carbonyl (C=O) groups is 4. The Balaban J connectivity index is 1.35. The molecule has 3 aromatic rings. The SMILES string of the molecule is CC(=O)NCSC1=C(C(=O)OC(c2ccccc2)c2ccccc2)N2C(=O)[C@@H](NC(=O)COc3ccccc3)[C@H]2SC1. The summed E-state index contributed by atoms with van der Waals surface area (Å²) in [5, 5.41) is 4.97. The average Bonchev–Trinajstić information content (AvgIpc) is 3.02. The van der Waals surface area contributed by atoms with Crippen LogP contribution in [0, 0.1) is 0 Å². The van der Waals surface area contributed by atoms with E-state index in [2.05, 4.69) is 10.6 Å². The molecule has 2 aliphatic heterocycles. The van der Waals surface area contributed by atoms with Gasteiger partial charge in [-0.05, 0) is 23.3 Å². The molecule has 216 valence electrons. The molecule has 0 aromatic heterocycles. The van der Waals surface area contributed by atoms with Crippen LogP contribution in [0.1, 0.15) is 24.2 Å². The van der Waals surface area contributed by atoms with Crippen LogP contribution >= 0.6 is 23.5 Å². The fraction of sp³-hybridized carbons (Fsp3) is 0.226. The molecule has 3 aromatic carbocycles. The average molecular weight is 604 g/mol. The maximum atomic E-state index is 13.9. The van der Waals surface area contributed by atoms with Gasteiger partial charge in [0.15, 0.2) is 12.7 Å². The first kappa shape index (κ1) is 29.3. The van der Waals surface area contributed by atoms with Gasteiger partial charge >= 0.3 is 5.97 Å². The van der Waals surface area contributed by atoms with Crippen LogP contribution in [0.15, 0.2) is 102 Å². The van der Waals surface area contributed by atoms with Gasteiger partial charge in [-0.2, -0.15) is 0 Å². The lowest BCUT2D eigenvalue weighted by Crippen LogP contribution is -2.70. The number of nitrogens with zero attached hydrogens (tertiary/aromatic N) is 1. The molecule has 3 amide bonds. The molecule has 2 atom stereocenters. The van der Waals surface area contributed by atoms with Gasteiger partial charge in [0.05, 0.1) is 5.88 Å². The number of ether oxygens (including phenoxy) is 2. The van der Waals surface area contributed by atoms with Crippen LogP contribution in [0.3, 0.4) is 0 Å². The van der Waals surface area contributed by atoms with E-state index >= 15 is 0 Å². The first-order valence-electron chi connectivity index (χ1n) is 13.3. The van der Waals surface area contributed by atoms with Gasteiger partial charge in [0.1, 0.15) is 22.9 Å². The zero-order valence-corrected chi connectivity index (χ0v) is 24.4. The normalized spacial score (nSPS) is 17.7. The fourth-order valence-corrected chi connectivity index (χ4v) is 7.04. The van der Waals surface area contributed by atoms with Gasteiger partial charge < -0.3 is 20.1 Å². The molecule has 0 bridgehead atoms. The summed E-state index contributed by atoms with van der Waals surface area (Å²) >= 11 is 2.70. The fourth-order valence-electron chi connectivity index (χ4n) is 4.54. The number of β-lactam (4-membered cyclic amide) rings is 1. The Kier molecular flexibility index (Phi) is 9.50. The van der Waals surface area contributed by atoms with Crippen molar-refractivity contribution in [3.63, 3.8) is 0 Å². The molecule has 1 fully saturated rings. The summed E-state index contributed by atoms with van der Waals surface area (Å²) in [5.41, 5.74) is 1.69. The maximum absolute atomic E-state index is 13.9. The Morgan fingerprint density at radius 2 is 1.55 bits per heavy atom. The van der Waals surface area contributed by atoms with Crippen molar-refractivity contribution in [1.82, 2.24) is 15.5 Å². The molecule has 0 radical (unpaired) electrons. The highest BCUT2D eigenvalue weighted by Crippen LogP contribution is 2.44. The van der Waals surface area contributed by atoms with E-state index in [1.807, 2.05) is 66.7 Å². The van der Waals surface area contributed by atoms with Crippen LogP contribution in [0.2, 0.25) is 0 Å². The smallest absolute Gasteiger partial charge is 0.356 e. The monoisotopic (exact) mass is 603 g/mol. The Bertz CT molecular complexity index is 1430. The van der Waals surface area contributed by atoms with Gasteiger partial charge in [0.2, 0.25) is 5.91 Å². The van der Waals surface area contributed by atoms with E-state index < -0.39 is 35.3 Å². The molecule has 2 heterocycles. The van der Waals surface area contributed by atoms with E-state index in [1.165, 1.54) is 35.3 Å². The highest BCUT2D eigenvalue weighted by molar-refractivity contribution is 8.06. The molecule has 11 heteroatoms. The van der Waals surface area contributed by atoms with Crippen molar-refractivity contribution in [2.75, 3.05) is 18.2 Å². The van der Waals surface area contributed by atoms with E-state index in [9.17, 15) is 19.2 Å². The molecule has 2 N–H and O–H groups in total. The van der Waals surface area contributed by atoms with Crippen LogP contribution in [-0.2, 0) is 23.9 Å². The summed E-state index contributed by atoms with van der Waals surface area (Å²) in [5.74, 6) is -0.549. The third-order valence-electron chi connectivity index (χ3n) is 6.55. The quantitative estimate of drug-likeness (QED) is 0.193. The molecule has 42 heavy (non-hydrogen) atoms. The summed E-state index contributed by atoms with van der Waals surface area (Å²) in [7, 11) is 0. The van der Waals surface area contributed by atoms with Gasteiger partial charge in [0, 0.05) is 17.6 Å². The molecule has 0 saturated carbocycles. The van der Waals surface area contributed by atoms with Crippen LogP contribution < -0.4 is 15.4 Å². The first-order chi connectivity index (χ1) is 20.4. The van der Waals surface area contributed by atoms with E-state index in [4.69, 9.17) is 9.47 Å². The molecular formula is C31H29N3O6S2. The number of hydrogen-bond donors (Lipinski definition) is 2. The number of hydrogen-bond acceptors (Lipinski definition) is 8. The number of esters is 1. The Labute approximate surface area is 252 Å². The van der Waals surface area contributed by atoms with Gasteiger partial charge in [-0.1, -0.05) is 78.9 Å². The van der Waals surface area contributed by atoms with Crippen LogP contribution in [0.25, 0.3) is 0 Å². The highest BCUT2D eigenvalue weighted by atomic mass is 32.2. The standard InChI is InChI=1S/C31H29N3O6S2/c1-20(35)32-19-42-24-18-41-30-26(33-25(36)17-39-23-15-9-4-10-16-23)29(37)34(30)27(24)31(38)40-28(21-11-5-2-6-12-21)22-13-7-3-8-14-22/h2-16,26,28,30H,17-19H2,1H3,(H,32,35)(H,33,36)/t26-,30-/m1/s1. The number of carbonyl (C=O) groups excluding carboxylic acids is 4. The maximum Gasteiger partial charge on any atom is 0.356 e. The van der Waals surface area contributed by atoms with Crippen LogP contribution in [0.5, 0.6) is 5.75 Å². The van der Waals surface area contributed by atoms with E-state index in [0.29, 0.717) is 16.4 Å². The molecule has 0 spiro atoms. The number of para-hydroxylation sites is 1. The number of benzene rings is 3. The van der Waals surface area contributed by atoms with E-state index in [-0.39, 0.29) is 24.1 Å². The van der Waals surface area contributed by atoms with E-state index in [0.717, 1.165) is 11.1 Å². The second-order valence-corrected chi connectivity index (χ2v) is 11.6. The van der Waals surface area contributed by atoms with Gasteiger partial charge in [0.25, 0.3) is 11.8 Å². The Hall–Kier alpha value is -4.22. The summed E-state index contributed by atoms with van der Waals surface area (Å²) in [4.78, 5) is 53.4. The molecule has 1 saturated heterocycles. The van der Waals surface area contributed by atoms with Crippen molar-refractivity contribution in [2.45, 2.75) is 24.4 Å². The lowest BCUT2D eigenvalue weighted by Gasteiger charge is -2.49. The minimum Gasteiger partial charge on any atom is -0.484 e. The van der Waals surface area contributed by atoms with Crippen LogP contribution in [0.4, 0.5) is 0 Å². The number of thioether (sulfide) groups is 2. The summed E-state index contributed by atoms with van der Waals surface area (Å²) in [6.45, 7) is 1.16. The molecular weight excluding hydrogens is 574 g/mol. The van der Waals surface area contributed by atoms with Crippen LogP contribution in [-0.4, -0.2) is 58.2 Å². The number of amides is 3. The Morgan fingerprint density at radius 3 is 2.14 bits per heavy atom. The van der Waals surface area contributed by atoms with Gasteiger partial charge in [-0.3, -0.25) is 19.3 Å². The van der Waals surface area contributed by atoms with Gasteiger partial charge in [-0.25, -0.2) is 4.79 Å². The third-order valence-corrected chi connectivity index (χ3v) is 8.99. The summed E-state index contributed by atoms with van der Waals surface area (Å²) in [6, 6.07) is 26.9. The largest absolute Gasteiger partial charge is 0.484 e. The predicted molar refractivity (Wildman–Crippen MR) is 161 cm³/mol. The second-order valence-electron chi connectivity index (χ2n) is 9.46. The molecule has 5 rings (SSSR count). The van der Waals surface area contributed by atoms with Crippen molar-refractivity contribution >= 4 is 47.2 Å². The molecule has 9 nitrogen and oxygen atoms in total. The lowest BCUT2D eigenvalue weighted by atomic mass is 10.0. The highest BCUT2D eigenvalue weighted by Gasteiger charge is 2.54. The predicted octanol–water partition coefficient (Wildman–Crippen LogP) is 3.84. The van der Waals surface area contributed by atoms with Gasteiger partial charge in [-0.15, -0.1) is 23.5 Å². The minimum atomic E-state index is -0.814. The molecule has 0 aliphatic carbocycles. The minimum absolute atomic E-state index is 0.127. The Morgan fingerprint density at radius 1 is 0.952 bits per heavy atom. The van der Waals surface area contributed by atoms with Crippen molar-refractivity contribution in [1.29, 1.82) is 0 Å². The molecule has 0 unspecified atom stereocenters. The second kappa shape index (κ2) is 13.6. The number of nitrogens with one attached hydrogen (secondary N) is 2. The molecule has 2 aliphatic rings. The summed E-state index contributed by atoms with van der Waals surface area (Å²) in [6.07, 6.45) is -0.705. The lowest BCUT2D eigenvalue weighted by molar-refractivity contribution is -0.154. The van der Waals surface area contributed by atoms with Crippen molar-refractivity contribution in [2.24, 2.45) is 0 Å². The number of fused-ring (bicyclic) bond motifs is 1. The topological polar surface area (TPSA) is 114 Å². The van der Waals surface area contributed by atoms with E-state index in [1.54, 1.807) is 24.3 Å². The zero-order chi connectivity index (χ0) is 29.5. The van der Waals surface area contributed by atoms with Crippen molar-refractivity contribution < 1.29 is 28.7 Å². The third kappa shape index (κ3) is 6.80. The summed E-state index contributed by atoms with van der Waals surface area (Å²) < 4.78 is 11.6. The van der Waals surface area contributed by atoms with Crippen molar-refractivity contribution in [3.8, 4) is 5.75 Å². The number of rotatable bonds is 11. The van der Waals surface area contributed by atoms with Crippen molar-refractivity contribution in [3.05, 3.63) is 113 Å².